The smallest absolute Gasteiger partial charge is 0.120 e. The fourth-order valence-electron chi connectivity index (χ4n) is 0.882. The first-order chi connectivity index (χ1) is 5.65. The number of nitrogens with zero attached hydrogens (tertiary/aromatic N) is 1. The second-order valence-corrected chi connectivity index (χ2v) is 4.83. The summed E-state index contributed by atoms with van der Waals surface area (Å²) in [5.41, 5.74) is 5.47. The molecular formula is C8H13BrN2S. The molecule has 0 aliphatic rings. The SMILES string of the molecule is CC(C)c1nc(Br)c(CCN)s1. The molecule has 0 unspecified atom stereocenters. The number of halogens is 1. The van der Waals surface area contributed by atoms with Gasteiger partial charge in [0.25, 0.3) is 0 Å². The minimum Gasteiger partial charge on any atom is -0.330 e. The van der Waals surface area contributed by atoms with Gasteiger partial charge in [0, 0.05) is 10.8 Å². The van der Waals surface area contributed by atoms with E-state index in [1.807, 2.05) is 0 Å². The quantitative estimate of drug-likeness (QED) is 0.894. The third-order valence-corrected chi connectivity index (χ3v) is 3.87. The minimum absolute atomic E-state index is 0.512. The Labute approximate surface area is 85.3 Å². The molecule has 0 amide bonds. The van der Waals surface area contributed by atoms with Gasteiger partial charge in [-0.25, -0.2) is 4.98 Å². The zero-order valence-corrected chi connectivity index (χ0v) is 9.70. The van der Waals surface area contributed by atoms with Crippen LogP contribution in [0.2, 0.25) is 0 Å². The van der Waals surface area contributed by atoms with Crippen LogP contribution in [0.3, 0.4) is 0 Å². The summed E-state index contributed by atoms with van der Waals surface area (Å²) < 4.78 is 0.974. The van der Waals surface area contributed by atoms with Crippen molar-refractivity contribution in [1.29, 1.82) is 0 Å². The Balaban J connectivity index is 2.85. The lowest BCUT2D eigenvalue weighted by Gasteiger charge is -1.95. The second-order valence-electron chi connectivity index (χ2n) is 2.96. The fraction of sp³-hybridized carbons (Fsp3) is 0.625. The first-order valence-electron chi connectivity index (χ1n) is 4.00. The monoisotopic (exact) mass is 248 g/mol. The van der Waals surface area contributed by atoms with Crippen LogP contribution >= 0.6 is 27.3 Å². The maximum Gasteiger partial charge on any atom is 0.120 e. The summed E-state index contributed by atoms with van der Waals surface area (Å²) in [6.07, 6.45) is 0.922. The van der Waals surface area contributed by atoms with Crippen LogP contribution in [-0.4, -0.2) is 11.5 Å². The van der Waals surface area contributed by atoms with Crippen molar-refractivity contribution < 1.29 is 0 Å². The van der Waals surface area contributed by atoms with E-state index in [4.69, 9.17) is 5.73 Å². The third kappa shape index (κ3) is 2.28. The molecule has 0 spiro atoms. The molecule has 0 atom stereocenters. The first-order valence-corrected chi connectivity index (χ1v) is 5.61. The highest BCUT2D eigenvalue weighted by atomic mass is 79.9. The Bertz CT molecular complexity index is 258. The number of hydrogen-bond acceptors (Lipinski definition) is 3. The van der Waals surface area contributed by atoms with Crippen LogP contribution in [0, 0.1) is 0 Å². The van der Waals surface area contributed by atoms with Gasteiger partial charge in [-0.15, -0.1) is 11.3 Å². The summed E-state index contributed by atoms with van der Waals surface area (Å²) in [6.45, 7) is 4.99. The van der Waals surface area contributed by atoms with E-state index in [9.17, 15) is 0 Å². The second kappa shape index (κ2) is 4.35. The fourth-order valence-corrected chi connectivity index (χ4v) is 2.61. The van der Waals surface area contributed by atoms with E-state index in [-0.39, 0.29) is 0 Å². The highest BCUT2D eigenvalue weighted by Gasteiger charge is 2.10. The summed E-state index contributed by atoms with van der Waals surface area (Å²) in [4.78, 5) is 5.67. The third-order valence-electron chi connectivity index (χ3n) is 1.53. The van der Waals surface area contributed by atoms with Crippen LogP contribution in [0.1, 0.15) is 29.7 Å². The zero-order chi connectivity index (χ0) is 9.14. The van der Waals surface area contributed by atoms with Gasteiger partial charge in [0.1, 0.15) is 4.60 Å². The van der Waals surface area contributed by atoms with E-state index < -0.39 is 0 Å². The maximum absolute atomic E-state index is 5.47. The average molecular weight is 249 g/mol. The van der Waals surface area contributed by atoms with E-state index in [1.54, 1.807) is 11.3 Å². The molecule has 0 saturated carbocycles. The van der Waals surface area contributed by atoms with E-state index in [0.29, 0.717) is 12.5 Å². The van der Waals surface area contributed by atoms with Gasteiger partial charge in [-0.05, 0) is 28.9 Å². The minimum atomic E-state index is 0.512. The maximum atomic E-state index is 5.47. The van der Waals surface area contributed by atoms with Gasteiger partial charge in [0.2, 0.25) is 0 Å². The summed E-state index contributed by atoms with van der Waals surface area (Å²) in [7, 11) is 0. The standard InChI is InChI=1S/C8H13BrN2S/c1-5(2)8-11-7(9)6(12-8)3-4-10/h5H,3-4,10H2,1-2H3. The van der Waals surface area contributed by atoms with Crippen molar-refractivity contribution in [3.05, 3.63) is 14.5 Å². The highest BCUT2D eigenvalue weighted by molar-refractivity contribution is 9.10. The van der Waals surface area contributed by atoms with Crippen LogP contribution in [0.25, 0.3) is 0 Å². The lowest BCUT2D eigenvalue weighted by Crippen LogP contribution is -2.01. The lowest BCUT2D eigenvalue weighted by molar-refractivity contribution is 0.848. The summed E-state index contributed by atoms with van der Waals surface area (Å²) in [6, 6.07) is 0. The molecule has 2 N–H and O–H groups in total. The van der Waals surface area contributed by atoms with Gasteiger partial charge >= 0.3 is 0 Å². The Morgan fingerprint density at radius 3 is 2.67 bits per heavy atom. The van der Waals surface area contributed by atoms with Crippen molar-refractivity contribution in [2.24, 2.45) is 5.73 Å². The van der Waals surface area contributed by atoms with Crippen molar-refractivity contribution in [3.8, 4) is 0 Å². The normalized spacial score (nSPS) is 11.1. The summed E-state index contributed by atoms with van der Waals surface area (Å²) in [5, 5.41) is 1.19. The van der Waals surface area contributed by atoms with Crippen molar-refractivity contribution in [2.45, 2.75) is 26.2 Å². The Morgan fingerprint density at radius 1 is 1.58 bits per heavy atom. The number of aromatic nitrogens is 1. The number of thiazole rings is 1. The predicted molar refractivity (Wildman–Crippen MR) is 56.7 cm³/mol. The first kappa shape index (κ1) is 10.2. The van der Waals surface area contributed by atoms with Gasteiger partial charge in [-0.1, -0.05) is 13.8 Å². The van der Waals surface area contributed by atoms with Crippen LogP contribution < -0.4 is 5.73 Å². The van der Waals surface area contributed by atoms with Crippen LogP contribution in [0.5, 0.6) is 0 Å². The molecule has 4 heteroatoms. The Hall–Kier alpha value is 0.0700. The van der Waals surface area contributed by atoms with Gasteiger partial charge in [0.15, 0.2) is 0 Å². The van der Waals surface area contributed by atoms with Crippen LogP contribution in [0.4, 0.5) is 0 Å². The molecule has 1 aromatic heterocycles. The molecule has 0 aromatic carbocycles. The molecule has 0 radical (unpaired) electrons. The van der Waals surface area contributed by atoms with Crippen molar-refractivity contribution in [1.82, 2.24) is 4.98 Å². The Morgan fingerprint density at radius 2 is 2.25 bits per heavy atom. The molecule has 0 saturated heterocycles. The molecule has 1 rings (SSSR count). The van der Waals surface area contributed by atoms with Gasteiger partial charge < -0.3 is 5.73 Å². The average Bonchev–Trinajstić information content (AvgIpc) is 2.34. The van der Waals surface area contributed by atoms with E-state index in [2.05, 4.69) is 34.8 Å². The number of hydrogen-bond donors (Lipinski definition) is 1. The molecule has 0 aliphatic carbocycles. The predicted octanol–water partition coefficient (Wildman–Crippen LogP) is 2.53. The Kier molecular flexibility index (Phi) is 3.68. The van der Waals surface area contributed by atoms with Gasteiger partial charge in [-0.3, -0.25) is 0 Å². The highest BCUT2D eigenvalue weighted by Crippen LogP contribution is 2.28. The van der Waals surface area contributed by atoms with E-state index >= 15 is 0 Å². The van der Waals surface area contributed by atoms with E-state index in [0.717, 1.165) is 11.0 Å². The van der Waals surface area contributed by atoms with Crippen molar-refractivity contribution in [2.75, 3.05) is 6.54 Å². The van der Waals surface area contributed by atoms with Gasteiger partial charge in [-0.2, -0.15) is 0 Å². The van der Waals surface area contributed by atoms with Crippen LogP contribution in [-0.2, 0) is 6.42 Å². The molecule has 68 valence electrons. The lowest BCUT2D eigenvalue weighted by atomic mass is 10.2. The van der Waals surface area contributed by atoms with Crippen molar-refractivity contribution in [3.63, 3.8) is 0 Å². The molecule has 0 bridgehead atoms. The zero-order valence-electron chi connectivity index (χ0n) is 7.30. The molecule has 1 heterocycles. The molecular weight excluding hydrogens is 236 g/mol. The molecule has 1 aromatic rings. The summed E-state index contributed by atoms with van der Waals surface area (Å²) in [5.74, 6) is 0.512. The molecule has 0 aliphatic heterocycles. The van der Waals surface area contributed by atoms with Gasteiger partial charge in [0.05, 0.1) is 5.01 Å². The largest absolute Gasteiger partial charge is 0.330 e. The molecule has 12 heavy (non-hydrogen) atoms. The van der Waals surface area contributed by atoms with Crippen molar-refractivity contribution >= 4 is 27.3 Å². The van der Waals surface area contributed by atoms with E-state index in [1.165, 1.54) is 9.88 Å². The number of nitrogens with two attached hydrogens (primary N) is 1. The molecule has 0 fully saturated rings. The molecule has 2 nitrogen and oxygen atoms in total. The van der Waals surface area contributed by atoms with Crippen LogP contribution in [0.15, 0.2) is 4.60 Å². The topological polar surface area (TPSA) is 38.9 Å². The number of rotatable bonds is 3. The summed E-state index contributed by atoms with van der Waals surface area (Å²) >= 11 is 5.18.